The van der Waals surface area contributed by atoms with Gasteiger partial charge in [-0.25, -0.2) is 0 Å². The molecule has 0 aliphatic heterocycles. The minimum atomic E-state index is -0.745. The quantitative estimate of drug-likeness (QED) is 0.629. The number of halogens is 1. The van der Waals surface area contributed by atoms with Crippen molar-refractivity contribution in [2.24, 2.45) is 0 Å². The Hall–Kier alpha value is -1.30. The van der Waals surface area contributed by atoms with Gasteiger partial charge in [0.2, 0.25) is 0 Å². The van der Waals surface area contributed by atoms with Gasteiger partial charge in [0, 0.05) is 30.2 Å². The van der Waals surface area contributed by atoms with E-state index in [9.17, 15) is 9.59 Å². The summed E-state index contributed by atoms with van der Waals surface area (Å²) in [5, 5.41) is 11.4. The van der Waals surface area contributed by atoms with Crippen LogP contribution in [0.1, 0.15) is 55.9 Å². The minimum Gasteiger partial charge on any atom is -0.481 e. The summed E-state index contributed by atoms with van der Waals surface area (Å²) >= 11 is 3.39. The van der Waals surface area contributed by atoms with Crippen molar-refractivity contribution >= 4 is 27.8 Å². The van der Waals surface area contributed by atoms with Crippen LogP contribution in [0.3, 0.4) is 0 Å². The molecule has 0 spiro atoms. The van der Waals surface area contributed by atoms with Crippen molar-refractivity contribution in [2.45, 2.75) is 52.0 Å². The average Bonchev–Trinajstić information content (AvgIpc) is 2.78. The molecule has 1 aromatic heterocycles. The lowest BCUT2D eigenvalue weighted by molar-refractivity contribution is -0.137. The predicted octanol–water partition coefficient (Wildman–Crippen LogP) is 3.43. The Morgan fingerprint density at radius 2 is 2.00 bits per heavy atom. The average molecular weight is 359 g/mol. The van der Waals surface area contributed by atoms with Gasteiger partial charge in [-0.3, -0.25) is 9.59 Å². The smallest absolute Gasteiger partial charge is 0.303 e. The maximum atomic E-state index is 12.1. The number of carbonyl (C=O) groups excluding carboxylic acids is 1. The van der Waals surface area contributed by atoms with Crippen LogP contribution in [0, 0.1) is 0 Å². The molecule has 0 atom stereocenters. The first-order valence-electron chi connectivity index (χ1n) is 7.40. The highest BCUT2D eigenvalue weighted by atomic mass is 79.9. The number of rotatable bonds is 10. The van der Waals surface area contributed by atoms with Crippen molar-refractivity contribution < 1.29 is 14.7 Å². The second-order valence-corrected chi connectivity index (χ2v) is 5.97. The number of aromatic nitrogens is 1. The summed E-state index contributed by atoms with van der Waals surface area (Å²) in [5.41, 5.74) is 0.676. The highest BCUT2D eigenvalue weighted by Gasteiger charge is 2.11. The van der Waals surface area contributed by atoms with Crippen molar-refractivity contribution in [1.82, 2.24) is 9.88 Å². The van der Waals surface area contributed by atoms with Crippen LogP contribution < -0.4 is 5.32 Å². The van der Waals surface area contributed by atoms with Crippen molar-refractivity contribution in [2.75, 3.05) is 6.54 Å². The van der Waals surface area contributed by atoms with E-state index in [2.05, 4.69) is 28.2 Å². The first-order valence-corrected chi connectivity index (χ1v) is 8.19. The maximum absolute atomic E-state index is 12.1. The van der Waals surface area contributed by atoms with E-state index in [0.29, 0.717) is 18.7 Å². The Balaban J connectivity index is 2.26. The molecule has 2 N–H and O–H groups in total. The molecule has 118 valence electrons. The minimum absolute atomic E-state index is 0.0558. The fourth-order valence-corrected chi connectivity index (χ4v) is 2.60. The van der Waals surface area contributed by atoms with E-state index in [1.54, 1.807) is 0 Å². The first-order chi connectivity index (χ1) is 10.0. The first kappa shape index (κ1) is 17.8. The lowest BCUT2D eigenvalue weighted by atomic mass is 10.1. The molecular weight excluding hydrogens is 336 g/mol. The molecule has 0 fully saturated rings. The Kier molecular flexibility index (Phi) is 8.12. The molecule has 0 bridgehead atoms. The summed E-state index contributed by atoms with van der Waals surface area (Å²) in [6, 6.07) is 1.83. The molecule has 1 amide bonds. The van der Waals surface area contributed by atoms with Crippen LogP contribution in [0.25, 0.3) is 0 Å². The number of carbonyl (C=O) groups is 2. The van der Waals surface area contributed by atoms with Gasteiger partial charge in [-0.05, 0) is 41.3 Å². The number of unbranched alkanes of at least 4 members (excludes halogenated alkanes) is 3. The number of hydrogen-bond acceptors (Lipinski definition) is 2. The molecular formula is C15H23BrN2O3. The third kappa shape index (κ3) is 6.80. The topological polar surface area (TPSA) is 71.3 Å². The SMILES string of the molecule is CCCn1cc(Br)cc1C(=O)NCCCCCCC(=O)O. The summed E-state index contributed by atoms with van der Waals surface area (Å²) < 4.78 is 2.86. The van der Waals surface area contributed by atoms with Crippen LogP contribution >= 0.6 is 15.9 Å². The Bertz CT molecular complexity index is 471. The van der Waals surface area contributed by atoms with Crippen LogP contribution in [-0.2, 0) is 11.3 Å². The van der Waals surface area contributed by atoms with E-state index >= 15 is 0 Å². The van der Waals surface area contributed by atoms with Gasteiger partial charge in [0.1, 0.15) is 5.69 Å². The molecule has 0 unspecified atom stereocenters. The zero-order valence-electron chi connectivity index (χ0n) is 12.4. The lowest BCUT2D eigenvalue weighted by Crippen LogP contribution is -2.26. The number of amides is 1. The van der Waals surface area contributed by atoms with Gasteiger partial charge in [-0.2, -0.15) is 0 Å². The number of hydrogen-bond donors (Lipinski definition) is 2. The van der Waals surface area contributed by atoms with Gasteiger partial charge in [-0.15, -0.1) is 0 Å². The summed E-state index contributed by atoms with van der Waals surface area (Å²) in [7, 11) is 0. The molecule has 1 aromatic rings. The normalized spacial score (nSPS) is 10.6. The van der Waals surface area contributed by atoms with Crippen molar-refractivity contribution in [1.29, 1.82) is 0 Å². The molecule has 0 saturated carbocycles. The van der Waals surface area contributed by atoms with Gasteiger partial charge in [0.05, 0.1) is 0 Å². The maximum Gasteiger partial charge on any atom is 0.303 e. The Labute approximate surface area is 133 Å². The standard InChI is InChI=1S/C15H23BrN2O3/c1-2-9-18-11-12(16)10-13(18)15(21)17-8-6-4-3-5-7-14(19)20/h10-11H,2-9H2,1H3,(H,17,21)(H,19,20). The second-order valence-electron chi connectivity index (χ2n) is 5.05. The fourth-order valence-electron chi connectivity index (χ4n) is 2.14. The molecule has 0 radical (unpaired) electrons. The molecule has 1 heterocycles. The number of carboxylic acids is 1. The zero-order chi connectivity index (χ0) is 15.7. The van der Waals surface area contributed by atoms with Gasteiger partial charge in [-0.1, -0.05) is 19.8 Å². The molecule has 1 rings (SSSR count). The molecule has 21 heavy (non-hydrogen) atoms. The van der Waals surface area contributed by atoms with E-state index in [0.717, 1.165) is 36.7 Å². The predicted molar refractivity (Wildman–Crippen MR) is 85.5 cm³/mol. The number of nitrogens with zero attached hydrogens (tertiary/aromatic N) is 1. The third-order valence-corrected chi connectivity index (χ3v) is 3.60. The lowest BCUT2D eigenvalue weighted by Gasteiger charge is -2.08. The molecule has 0 saturated heterocycles. The van der Waals surface area contributed by atoms with Crippen molar-refractivity contribution in [3.05, 3.63) is 22.4 Å². The van der Waals surface area contributed by atoms with E-state index in [1.165, 1.54) is 0 Å². The molecule has 6 heteroatoms. The van der Waals surface area contributed by atoms with E-state index in [-0.39, 0.29) is 12.3 Å². The van der Waals surface area contributed by atoms with Crippen molar-refractivity contribution in [3.8, 4) is 0 Å². The second kappa shape index (κ2) is 9.60. The summed E-state index contributed by atoms with van der Waals surface area (Å²) in [6.07, 6.45) is 6.53. The van der Waals surface area contributed by atoms with E-state index in [1.807, 2.05) is 16.8 Å². The molecule has 0 aliphatic rings. The summed E-state index contributed by atoms with van der Waals surface area (Å²) in [6.45, 7) is 3.52. The van der Waals surface area contributed by atoms with Crippen LogP contribution in [0.15, 0.2) is 16.7 Å². The van der Waals surface area contributed by atoms with Gasteiger partial charge in [0.15, 0.2) is 0 Å². The highest BCUT2D eigenvalue weighted by Crippen LogP contribution is 2.15. The third-order valence-electron chi connectivity index (χ3n) is 3.16. The largest absolute Gasteiger partial charge is 0.481 e. The fraction of sp³-hybridized carbons (Fsp3) is 0.600. The number of aryl methyl sites for hydroxylation is 1. The number of carboxylic acid groups (broad SMARTS) is 1. The van der Waals surface area contributed by atoms with Gasteiger partial charge < -0.3 is 15.0 Å². The van der Waals surface area contributed by atoms with Crippen LogP contribution in [0.5, 0.6) is 0 Å². The monoisotopic (exact) mass is 358 g/mol. The van der Waals surface area contributed by atoms with Gasteiger partial charge in [0.25, 0.3) is 5.91 Å². The summed E-state index contributed by atoms with van der Waals surface area (Å²) in [4.78, 5) is 22.5. The van der Waals surface area contributed by atoms with Crippen molar-refractivity contribution in [3.63, 3.8) is 0 Å². The molecule has 0 aliphatic carbocycles. The van der Waals surface area contributed by atoms with Crippen LogP contribution in [-0.4, -0.2) is 28.1 Å². The number of aliphatic carboxylic acids is 1. The van der Waals surface area contributed by atoms with Crippen LogP contribution in [0.2, 0.25) is 0 Å². The van der Waals surface area contributed by atoms with Crippen LogP contribution in [0.4, 0.5) is 0 Å². The summed E-state index contributed by atoms with van der Waals surface area (Å²) in [5.74, 6) is -0.801. The van der Waals surface area contributed by atoms with E-state index in [4.69, 9.17) is 5.11 Å². The zero-order valence-corrected chi connectivity index (χ0v) is 14.0. The highest BCUT2D eigenvalue weighted by molar-refractivity contribution is 9.10. The van der Waals surface area contributed by atoms with E-state index < -0.39 is 5.97 Å². The van der Waals surface area contributed by atoms with Gasteiger partial charge >= 0.3 is 5.97 Å². The molecule has 5 nitrogen and oxygen atoms in total. The Morgan fingerprint density at radius 1 is 1.29 bits per heavy atom. The molecule has 0 aromatic carbocycles. The Morgan fingerprint density at radius 3 is 2.67 bits per heavy atom. The number of nitrogens with one attached hydrogen (secondary N) is 1.